The Balaban J connectivity index is 1.96. The zero-order chi connectivity index (χ0) is 11.4. The number of pyridine rings is 1. The topological polar surface area (TPSA) is 37.0 Å². The van der Waals surface area contributed by atoms with Crippen LogP contribution in [0.5, 0.6) is 0 Å². The summed E-state index contributed by atoms with van der Waals surface area (Å²) in [6.45, 7) is 6.26. The molecular weight excluding hydrogens is 198 g/mol. The van der Waals surface area contributed by atoms with Gasteiger partial charge in [-0.05, 0) is 50.4 Å². The van der Waals surface area contributed by atoms with Crippen molar-refractivity contribution in [2.24, 2.45) is 0 Å². The Bertz CT molecular complexity index is 345. The maximum atomic E-state index is 4.50. The number of hydrogen-bond donors (Lipinski definition) is 2. The van der Waals surface area contributed by atoms with Gasteiger partial charge in [-0.1, -0.05) is 6.92 Å². The van der Waals surface area contributed by atoms with E-state index in [0.29, 0.717) is 6.04 Å². The van der Waals surface area contributed by atoms with Crippen molar-refractivity contribution in [2.75, 3.05) is 11.9 Å². The minimum absolute atomic E-state index is 0.672. The maximum Gasteiger partial charge on any atom is 0.126 e. The minimum Gasteiger partial charge on any atom is -0.367 e. The van der Waals surface area contributed by atoms with Crippen molar-refractivity contribution >= 4 is 5.82 Å². The fourth-order valence-electron chi connectivity index (χ4n) is 1.76. The molecule has 1 fully saturated rings. The average molecular weight is 219 g/mol. The molecule has 1 aliphatic rings. The normalized spacial score (nSPS) is 15.1. The highest BCUT2D eigenvalue weighted by atomic mass is 15.0. The molecule has 0 aromatic carbocycles. The molecule has 0 spiro atoms. The summed E-state index contributed by atoms with van der Waals surface area (Å²) in [5, 5.41) is 6.87. The van der Waals surface area contributed by atoms with E-state index >= 15 is 0 Å². The van der Waals surface area contributed by atoms with Gasteiger partial charge in [0, 0.05) is 18.3 Å². The van der Waals surface area contributed by atoms with Gasteiger partial charge in [-0.15, -0.1) is 0 Å². The van der Waals surface area contributed by atoms with E-state index in [1.165, 1.54) is 24.8 Å². The van der Waals surface area contributed by atoms with Crippen molar-refractivity contribution in [1.29, 1.82) is 0 Å². The van der Waals surface area contributed by atoms with Gasteiger partial charge in [-0.2, -0.15) is 0 Å². The lowest BCUT2D eigenvalue weighted by Gasteiger charge is -2.09. The van der Waals surface area contributed by atoms with Gasteiger partial charge in [0.15, 0.2) is 0 Å². The molecule has 0 amide bonds. The first kappa shape index (κ1) is 11.4. The van der Waals surface area contributed by atoms with Gasteiger partial charge in [-0.25, -0.2) is 4.98 Å². The lowest BCUT2D eigenvalue weighted by Crippen LogP contribution is -2.14. The number of rotatable bonds is 6. The third-order valence-electron chi connectivity index (χ3n) is 2.70. The van der Waals surface area contributed by atoms with Crippen LogP contribution >= 0.6 is 0 Å². The average Bonchev–Trinajstić information content (AvgIpc) is 3.01. The number of anilines is 1. The van der Waals surface area contributed by atoms with Crippen molar-refractivity contribution in [3.8, 4) is 0 Å². The molecule has 3 heteroatoms. The van der Waals surface area contributed by atoms with Crippen LogP contribution in [0, 0.1) is 6.92 Å². The molecule has 1 heterocycles. The number of aromatic nitrogens is 1. The van der Waals surface area contributed by atoms with E-state index in [2.05, 4.69) is 41.6 Å². The molecule has 2 N–H and O–H groups in total. The molecule has 88 valence electrons. The molecule has 1 aliphatic carbocycles. The molecule has 0 saturated heterocycles. The van der Waals surface area contributed by atoms with Gasteiger partial charge in [0.1, 0.15) is 5.82 Å². The first-order valence-electron chi connectivity index (χ1n) is 6.22. The van der Waals surface area contributed by atoms with Crippen LogP contribution in [-0.4, -0.2) is 17.6 Å². The van der Waals surface area contributed by atoms with Crippen LogP contribution in [0.2, 0.25) is 0 Å². The van der Waals surface area contributed by atoms with Crippen LogP contribution in [0.15, 0.2) is 12.1 Å². The smallest absolute Gasteiger partial charge is 0.126 e. The lowest BCUT2D eigenvalue weighted by molar-refractivity contribution is 0.674. The lowest BCUT2D eigenvalue weighted by atomic mass is 10.2. The Kier molecular flexibility index (Phi) is 3.78. The second kappa shape index (κ2) is 5.30. The zero-order valence-corrected chi connectivity index (χ0v) is 10.2. The summed E-state index contributed by atoms with van der Waals surface area (Å²) in [7, 11) is 0. The fourth-order valence-corrected chi connectivity index (χ4v) is 1.76. The van der Waals surface area contributed by atoms with Crippen LogP contribution < -0.4 is 10.6 Å². The molecule has 16 heavy (non-hydrogen) atoms. The summed E-state index contributed by atoms with van der Waals surface area (Å²) in [6, 6.07) is 4.99. The Morgan fingerprint density at radius 2 is 2.19 bits per heavy atom. The molecule has 0 aliphatic heterocycles. The Labute approximate surface area is 97.7 Å². The molecule has 1 saturated carbocycles. The van der Waals surface area contributed by atoms with Crippen LogP contribution in [0.3, 0.4) is 0 Å². The quantitative estimate of drug-likeness (QED) is 0.722. The highest BCUT2D eigenvalue weighted by Gasteiger charge is 2.21. The Hall–Kier alpha value is -1.09. The predicted molar refractivity (Wildman–Crippen MR) is 67.6 cm³/mol. The monoisotopic (exact) mass is 219 g/mol. The summed E-state index contributed by atoms with van der Waals surface area (Å²) < 4.78 is 0. The molecule has 1 aromatic heterocycles. The van der Waals surface area contributed by atoms with Gasteiger partial charge < -0.3 is 10.6 Å². The number of hydrogen-bond acceptors (Lipinski definition) is 3. The summed E-state index contributed by atoms with van der Waals surface area (Å²) in [4.78, 5) is 4.50. The Morgan fingerprint density at radius 3 is 2.88 bits per heavy atom. The highest BCUT2D eigenvalue weighted by molar-refractivity contribution is 5.41. The molecule has 3 nitrogen and oxygen atoms in total. The second-order valence-electron chi connectivity index (χ2n) is 4.60. The molecule has 0 bridgehead atoms. The van der Waals surface area contributed by atoms with E-state index in [1.54, 1.807) is 0 Å². The zero-order valence-electron chi connectivity index (χ0n) is 10.2. The van der Waals surface area contributed by atoms with E-state index in [0.717, 1.165) is 24.6 Å². The van der Waals surface area contributed by atoms with Crippen molar-refractivity contribution in [1.82, 2.24) is 10.3 Å². The maximum absolute atomic E-state index is 4.50. The highest BCUT2D eigenvalue weighted by Crippen LogP contribution is 2.24. The SMILES string of the molecule is CCCNCc1cc(C)nc(NC2CC2)c1. The summed E-state index contributed by atoms with van der Waals surface area (Å²) in [5.41, 5.74) is 2.42. The number of nitrogens with one attached hydrogen (secondary N) is 2. The van der Waals surface area contributed by atoms with E-state index in [1.807, 2.05) is 0 Å². The predicted octanol–water partition coefficient (Wildman–Crippen LogP) is 2.46. The first-order chi connectivity index (χ1) is 7.78. The molecule has 0 atom stereocenters. The minimum atomic E-state index is 0.672. The van der Waals surface area contributed by atoms with E-state index in [-0.39, 0.29) is 0 Å². The molecule has 0 unspecified atom stereocenters. The second-order valence-corrected chi connectivity index (χ2v) is 4.60. The third-order valence-corrected chi connectivity index (χ3v) is 2.70. The van der Waals surface area contributed by atoms with E-state index in [4.69, 9.17) is 0 Å². The molecule has 2 rings (SSSR count). The van der Waals surface area contributed by atoms with Crippen LogP contribution in [0.4, 0.5) is 5.82 Å². The van der Waals surface area contributed by atoms with Gasteiger partial charge >= 0.3 is 0 Å². The fraction of sp³-hybridized carbons (Fsp3) is 0.615. The largest absolute Gasteiger partial charge is 0.367 e. The molecule has 1 aromatic rings. The molecule has 0 radical (unpaired) electrons. The van der Waals surface area contributed by atoms with E-state index < -0.39 is 0 Å². The number of nitrogens with zero attached hydrogens (tertiary/aromatic N) is 1. The van der Waals surface area contributed by atoms with Gasteiger partial charge in [0.25, 0.3) is 0 Å². The van der Waals surface area contributed by atoms with Crippen LogP contribution in [0.25, 0.3) is 0 Å². The van der Waals surface area contributed by atoms with Gasteiger partial charge in [-0.3, -0.25) is 0 Å². The van der Waals surface area contributed by atoms with Crippen molar-refractivity contribution < 1.29 is 0 Å². The first-order valence-corrected chi connectivity index (χ1v) is 6.22. The summed E-state index contributed by atoms with van der Waals surface area (Å²) in [5.74, 6) is 1.04. The third kappa shape index (κ3) is 3.49. The van der Waals surface area contributed by atoms with Crippen LogP contribution in [-0.2, 0) is 6.54 Å². The summed E-state index contributed by atoms with van der Waals surface area (Å²) >= 11 is 0. The van der Waals surface area contributed by atoms with Gasteiger partial charge in [0.05, 0.1) is 0 Å². The van der Waals surface area contributed by atoms with Crippen molar-refractivity contribution in [2.45, 2.75) is 45.7 Å². The molecular formula is C13H21N3. The van der Waals surface area contributed by atoms with E-state index in [9.17, 15) is 0 Å². The van der Waals surface area contributed by atoms with Crippen LogP contribution in [0.1, 0.15) is 37.4 Å². The summed E-state index contributed by atoms with van der Waals surface area (Å²) in [6.07, 6.45) is 3.76. The number of aryl methyl sites for hydroxylation is 1. The standard InChI is InChI=1S/C13H21N3/c1-3-6-14-9-11-7-10(2)15-13(8-11)16-12-4-5-12/h7-8,12,14H,3-6,9H2,1-2H3,(H,15,16). The Morgan fingerprint density at radius 1 is 1.38 bits per heavy atom. The van der Waals surface area contributed by atoms with Gasteiger partial charge in [0.2, 0.25) is 0 Å². The van der Waals surface area contributed by atoms with Crippen molar-refractivity contribution in [3.63, 3.8) is 0 Å². The van der Waals surface area contributed by atoms with Crippen molar-refractivity contribution in [3.05, 3.63) is 23.4 Å².